The van der Waals surface area contributed by atoms with Crippen molar-refractivity contribution in [2.24, 2.45) is 16.9 Å². The van der Waals surface area contributed by atoms with E-state index in [1.165, 1.54) is 19.3 Å². The number of amides is 1. The molecule has 1 saturated carbocycles. The van der Waals surface area contributed by atoms with Crippen LogP contribution in [0.1, 0.15) is 45.4 Å². The summed E-state index contributed by atoms with van der Waals surface area (Å²) in [6.07, 6.45) is 6.24. The lowest BCUT2D eigenvalue weighted by Crippen LogP contribution is -2.48. The SMILES string of the molecule is CCCC1(C(N)CC(N)=O)CCC1. The Bertz CT molecular complexity index is 187. The molecular weight excluding hydrogens is 164 g/mol. The minimum Gasteiger partial charge on any atom is -0.370 e. The molecule has 3 nitrogen and oxygen atoms in total. The minimum absolute atomic E-state index is 0.0151. The molecule has 1 atom stereocenters. The van der Waals surface area contributed by atoms with Crippen molar-refractivity contribution in [3.8, 4) is 0 Å². The average molecular weight is 184 g/mol. The Balaban J connectivity index is 2.49. The molecule has 0 spiro atoms. The van der Waals surface area contributed by atoms with Crippen LogP contribution in [0.25, 0.3) is 0 Å². The first-order chi connectivity index (χ1) is 6.10. The van der Waals surface area contributed by atoms with E-state index in [4.69, 9.17) is 11.5 Å². The largest absolute Gasteiger partial charge is 0.370 e. The van der Waals surface area contributed by atoms with Crippen molar-refractivity contribution in [3.05, 3.63) is 0 Å². The zero-order valence-corrected chi connectivity index (χ0v) is 8.38. The molecule has 13 heavy (non-hydrogen) atoms. The van der Waals surface area contributed by atoms with Gasteiger partial charge in [-0.1, -0.05) is 19.8 Å². The number of carbonyl (C=O) groups excluding carboxylic acids is 1. The molecule has 0 aromatic carbocycles. The molecule has 0 bridgehead atoms. The van der Waals surface area contributed by atoms with Gasteiger partial charge in [0.2, 0.25) is 5.91 Å². The normalized spacial score (nSPS) is 22.0. The lowest BCUT2D eigenvalue weighted by atomic mass is 9.61. The van der Waals surface area contributed by atoms with E-state index in [1.54, 1.807) is 0 Å². The highest BCUT2D eigenvalue weighted by Gasteiger charge is 2.41. The van der Waals surface area contributed by atoms with Gasteiger partial charge >= 0.3 is 0 Å². The third-order valence-electron chi connectivity index (χ3n) is 3.30. The van der Waals surface area contributed by atoms with Gasteiger partial charge in [0.1, 0.15) is 0 Å². The Hall–Kier alpha value is -0.570. The van der Waals surface area contributed by atoms with E-state index in [1.807, 2.05) is 0 Å². The lowest BCUT2D eigenvalue weighted by molar-refractivity contribution is -0.119. The monoisotopic (exact) mass is 184 g/mol. The smallest absolute Gasteiger partial charge is 0.218 e. The van der Waals surface area contributed by atoms with Gasteiger partial charge in [-0.3, -0.25) is 4.79 Å². The summed E-state index contributed by atoms with van der Waals surface area (Å²) in [5, 5.41) is 0. The zero-order chi connectivity index (χ0) is 9.90. The predicted octanol–water partition coefficient (Wildman–Crippen LogP) is 1.16. The van der Waals surface area contributed by atoms with Crippen molar-refractivity contribution in [2.75, 3.05) is 0 Å². The minimum atomic E-state index is -0.269. The van der Waals surface area contributed by atoms with Crippen molar-refractivity contribution >= 4 is 5.91 Å². The van der Waals surface area contributed by atoms with Crippen LogP contribution in [0.5, 0.6) is 0 Å². The molecule has 3 heteroatoms. The summed E-state index contributed by atoms with van der Waals surface area (Å²) >= 11 is 0. The van der Waals surface area contributed by atoms with Crippen molar-refractivity contribution in [1.82, 2.24) is 0 Å². The summed E-state index contributed by atoms with van der Waals surface area (Å²) in [4.78, 5) is 10.7. The van der Waals surface area contributed by atoms with E-state index in [9.17, 15) is 4.79 Å². The van der Waals surface area contributed by atoms with Gasteiger partial charge in [0.05, 0.1) is 0 Å². The highest BCUT2D eigenvalue weighted by Crippen LogP contribution is 2.47. The van der Waals surface area contributed by atoms with Gasteiger partial charge in [-0.05, 0) is 24.7 Å². The van der Waals surface area contributed by atoms with Crippen molar-refractivity contribution in [3.63, 3.8) is 0 Å². The number of nitrogens with two attached hydrogens (primary N) is 2. The molecule has 76 valence electrons. The zero-order valence-electron chi connectivity index (χ0n) is 8.38. The fourth-order valence-corrected chi connectivity index (χ4v) is 2.37. The molecule has 0 aromatic rings. The molecule has 1 fully saturated rings. The first-order valence-electron chi connectivity index (χ1n) is 5.14. The van der Waals surface area contributed by atoms with Crippen LogP contribution in [0.4, 0.5) is 0 Å². The van der Waals surface area contributed by atoms with E-state index in [0.717, 1.165) is 12.8 Å². The summed E-state index contributed by atoms with van der Waals surface area (Å²) in [5.41, 5.74) is 11.4. The Labute approximate surface area is 79.9 Å². The first-order valence-corrected chi connectivity index (χ1v) is 5.14. The molecule has 4 N–H and O–H groups in total. The lowest BCUT2D eigenvalue weighted by Gasteiger charge is -2.46. The maximum Gasteiger partial charge on any atom is 0.218 e. The van der Waals surface area contributed by atoms with Crippen LogP contribution in [0, 0.1) is 5.41 Å². The molecule has 1 aliphatic carbocycles. The summed E-state index contributed by atoms with van der Waals surface area (Å²) in [5.74, 6) is -0.269. The van der Waals surface area contributed by atoms with E-state index in [-0.39, 0.29) is 17.4 Å². The van der Waals surface area contributed by atoms with Crippen molar-refractivity contribution in [1.29, 1.82) is 0 Å². The van der Waals surface area contributed by atoms with Gasteiger partial charge in [-0.15, -0.1) is 0 Å². The Morgan fingerprint density at radius 1 is 1.54 bits per heavy atom. The second-order valence-electron chi connectivity index (χ2n) is 4.24. The van der Waals surface area contributed by atoms with E-state index in [2.05, 4.69) is 6.92 Å². The molecule has 1 aliphatic rings. The molecule has 1 amide bonds. The van der Waals surface area contributed by atoms with Gasteiger partial charge in [0.15, 0.2) is 0 Å². The fourth-order valence-electron chi connectivity index (χ4n) is 2.37. The Morgan fingerprint density at radius 2 is 2.15 bits per heavy atom. The molecule has 0 aliphatic heterocycles. The van der Waals surface area contributed by atoms with E-state index in [0.29, 0.717) is 6.42 Å². The van der Waals surface area contributed by atoms with Gasteiger partial charge in [0.25, 0.3) is 0 Å². The average Bonchev–Trinajstić information content (AvgIpc) is 1.94. The number of rotatable bonds is 5. The first kappa shape index (κ1) is 10.5. The molecule has 0 radical (unpaired) electrons. The van der Waals surface area contributed by atoms with Crippen molar-refractivity contribution < 1.29 is 4.79 Å². The fraction of sp³-hybridized carbons (Fsp3) is 0.900. The standard InChI is InChI=1S/C10H20N2O/c1-2-4-10(5-3-6-10)8(11)7-9(12)13/h8H,2-7,11H2,1H3,(H2,12,13). The molecule has 0 saturated heterocycles. The molecule has 0 heterocycles. The van der Waals surface area contributed by atoms with Crippen LogP contribution in [-0.4, -0.2) is 11.9 Å². The van der Waals surface area contributed by atoms with Crippen LogP contribution >= 0.6 is 0 Å². The number of carbonyl (C=O) groups is 1. The summed E-state index contributed by atoms with van der Waals surface area (Å²) in [6, 6.07) is -0.0151. The van der Waals surface area contributed by atoms with E-state index < -0.39 is 0 Å². The highest BCUT2D eigenvalue weighted by molar-refractivity contribution is 5.74. The topological polar surface area (TPSA) is 69.1 Å². The second kappa shape index (κ2) is 4.09. The third kappa shape index (κ3) is 2.21. The van der Waals surface area contributed by atoms with Crippen LogP contribution in [0.2, 0.25) is 0 Å². The summed E-state index contributed by atoms with van der Waals surface area (Å²) < 4.78 is 0. The number of hydrogen-bond donors (Lipinski definition) is 2. The van der Waals surface area contributed by atoms with Gasteiger partial charge in [0, 0.05) is 12.5 Å². The predicted molar refractivity (Wildman–Crippen MR) is 53.0 cm³/mol. The molecule has 1 rings (SSSR count). The number of primary amides is 1. The second-order valence-corrected chi connectivity index (χ2v) is 4.24. The van der Waals surface area contributed by atoms with Crippen LogP contribution in [0.3, 0.4) is 0 Å². The quantitative estimate of drug-likeness (QED) is 0.673. The molecule has 0 aromatic heterocycles. The van der Waals surface area contributed by atoms with Crippen molar-refractivity contribution in [2.45, 2.75) is 51.5 Å². The number of hydrogen-bond acceptors (Lipinski definition) is 2. The molecule has 1 unspecified atom stereocenters. The van der Waals surface area contributed by atoms with E-state index >= 15 is 0 Å². The third-order valence-corrected chi connectivity index (χ3v) is 3.30. The summed E-state index contributed by atoms with van der Waals surface area (Å²) in [7, 11) is 0. The Morgan fingerprint density at radius 3 is 2.46 bits per heavy atom. The van der Waals surface area contributed by atoms with Gasteiger partial charge in [-0.2, -0.15) is 0 Å². The Kier molecular flexibility index (Phi) is 3.31. The van der Waals surface area contributed by atoms with Crippen LogP contribution < -0.4 is 11.5 Å². The van der Waals surface area contributed by atoms with Gasteiger partial charge in [-0.25, -0.2) is 0 Å². The van der Waals surface area contributed by atoms with Crippen LogP contribution in [0.15, 0.2) is 0 Å². The van der Waals surface area contributed by atoms with Gasteiger partial charge < -0.3 is 11.5 Å². The highest BCUT2D eigenvalue weighted by atomic mass is 16.1. The summed E-state index contributed by atoms with van der Waals surface area (Å²) in [6.45, 7) is 2.16. The maximum absolute atomic E-state index is 10.7. The maximum atomic E-state index is 10.7. The van der Waals surface area contributed by atoms with Crippen LogP contribution in [-0.2, 0) is 4.79 Å². The molecular formula is C10H20N2O.